The van der Waals surface area contributed by atoms with Gasteiger partial charge in [0.15, 0.2) is 18.9 Å². The lowest BCUT2D eigenvalue weighted by Gasteiger charge is -2.49. The monoisotopic (exact) mass is 516 g/mol. The number of thioether (sulfide) groups is 1. The molecule has 0 saturated carbocycles. The van der Waals surface area contributed by atoms with Crippen LogP contribution in [0.2, 0.25) is 0 Å². The molecule has 2 N–H and O–H groups in total. The van der Waals surface area contributed by atoms with Gasteiger partial charge in [0.05, 0.1) is 0 Å². The lowest BCUT2D eigenvalue weighted by Crippen LogP contribution is -2.70. The van der Waals surface area contributed by atoms with Gasteiger partial charge in [0, 0.05) is 29.0 Å². The van der Waals surface area contributed by atoms with Gasteiger partial charge < -0.3 is 15.2 Å². The van der Waals surface area contributed by atoms with Gasteiger partial charge in [-0.05, 0) is 36.2 Å². The Hall–Kier alpha value is -4.11. The van der Waals surface area contributed by atoms with E-state index in [1.165, 1.54) is 16.7 Å². The number of nitrogens with one attached hydrogen (secondary N) is 1. The van der Waals surface area contributed by atoms with E-state index in [4.69, 9.17) is 4.74 Å². The van der Waals surface area contributed by atoms with E-state index in [1.54, 1.807) is 24.3 Å². The first-order chi connectivity index (χ1) is 17.9. The summed E-state index contributed by atoms with van der Waals surface area (Å²) in [5, 5.41) is 12.2. The molecule has 2 aliphatic heterocycles. The summed E-state index contributed by atoms with van der Waals surface area (Å²) in [5.74, 6) is -0.989. The number of aromatic nitrogens is 1. The maximum Gasteiger partial charge on any atom is 0.352 e. The number of hydrogen-bond acceptors (Lipinski definition) is 5. The smallest absolute Gasteiger partial charge is 0.352 e. The summed E-state index contributed by atoms with van der Waals surface area (Å²) >= 11 is 1.45. The maximum absolute atomic E-state index is 13.0. The first-order valence-corrected chi connectivity index (χ1v) is 12.9. The molecule has 3 aromatic rings. The van der Waals surface area contributed by atoms with Crippen LogP contribution in [0.15, 0.2) is 90.4 Å². The van der Waals surface area contributed by atoms with Crippen LogP contribution in [0.25, 0.3) is 0 Å². The van der Waals surface area contributed by atoms with E-state index in [1.807, 2.05) is 66.3 Å². The van der Waals surface area contributed by atoms with E-state index in [0.717, 1.165) is 11.1 Å². The van der Waals surface area contributed by atoms with E-state index in [9.17, 15) is 19.5 Å². The first kappa shape index (κ1) is 24.6. The lowest BCUT2D eigenvalue weighted by atomic mass is 10.0. The molecule has 37 heavy (non-hydrogen) atoms. The minimum atomic E-state index is -1.14. The Morgan fingerprint density at radius 2 is 1.86 bits per heavy atom. The van der Waals surface area contributed by atoms with Gasteiger partial charge in [-0.2, -0.15) is 0 Å². The van der Waals surface area contributed by atoms with Gasteiger partial charge in [0.2, 0.25) is 0 Å². The molecule has 2 atom stereocenters. The standard InChI is InChI=1S/C28H25N3O5S/c1-18-10-12-30(13-11-18)15-21-17-37-27-23(26(33)31(27)24(21)28(34)35)29-25(32)20-8-5-9-22(14-20)36-16-19-6-3-2-4-7-19/h2-14,23,27H,15-17H2,1H3,(H-,29,32,34,35)/p+1/t23?,27-/m0/s1. The van der Waals surface area contributed by atoms with Crippen LogP contribution in [0.4, 0.5) is 0 Å². The third kappa shape index (κ3) is 5.22. The second-order valence-corrected chi connectivity index (χ2v) is 10.1. The van der Waals surface area contributed by atoms with Crippen LogP contribution in [0.3, 0.4) is 0 Å². The number of benzene rings is 2. The van der Waals surface area contributed by atoms with E-state index in [-0.39, 0.29) is 5.70 Å². The molecule has 1 fully saturated rings. The number of carboxylic acids is 1. The number of amides is 2. The Morgan fingerprint density at radius 3 is 2.59 bits per heavy atom. The van der Waals surface area contributed by atoms with Crippen LogP contribution in [-0.4, -0.2) is 45.0 Å². The predicted molar refractivity (Wildman–Crippen MR) is 138 cm³/mol. The molecule has 0 spiro atoms. The highest BCUT2D eigenvalue weighted by atomic mass is 32.2. The molecule has 2 aliphatic rings. The third-order valence-corrected chi connectivity index (χ3v) is 7.65. The SMILES string of the molecule is Cc1cc[n+](CC2=C(C(=O)O)N3C(=O)C(NC(=O)c4cccc(OCc5ccccc5)c4)[C@@H]3SC2)cc1. The number of carboxylic acid groups (broad SMARTS) is 1. The minimum Gasteiger partial charge on any atom is -0.489 e. The Balaban J connectivity index is 1.26. The number of hydrogen-bond donors (Lipinski definition) is 2. The molecular weight excluding hydrogens is 490 g/mol. The van der Waals surface area contributed by atoms with Gasteiger partial charge in [-0.3, -0.25) is 14.5 Å². The molecule has 8 nitrogen and oxygen atoms in total. The van der Waals surface area contributed by atoms with Gasteiger partial charge in [0.25, 0.3) is 11.8 Å². The van der Waals surface area contributed by atoms with Crippen molar-refractivity contribution in [2.75, 3.05) is 5.75 Å². The quantitative estimate of drug-likeness (QED) is 0.353. The molecule has 0 aliphatic carbocycles. The van der Waals surface area contributed by atoms with Crippen LogP contribution < -0.4 is 14.6 Å². The molecule has 2 amide bonds. The average Bonchev–Trinajstić information content (AvgIpc) is 2.92. The van der Waals surface area contributed by atoms with Gasteiger partial charge in [-0.25, -0.2) is 9.36 Å². The Bertz CT molecular complexity index is 1370. The first-order valence-electron chi connectivity index (χ1n) is 11.8. The van der Waals surface area contributed by atoms with E-state index < -0.39 is 29.2 Å². The highest BCUT2D eigenvalue weighted by molar-refractivity contribution is 8.00. The number of aliphatic carboxylic acids is 1. The zero-order chi connectivity index (χ0) is 25.9. The zero-order valence-corrected chi connectivity index (χ0v) is 21.0. The number of carbonyl (C=O) groups is 3. The summed E-state index contributed by atoms with van der Waals surface area (Å²) in [6.07, 6.45) is 3.77. The second-order valence-electron chi connectivity index (χ2n) is 8.97. The molecule has 0 radical (unpaired) electrons. The van der Waals surface area contributed by atoms with Crippen molar-refractivity contribution in [1.29, 1.82) is 0 Å². The molecule has 0 bridgehead atoms. The molecule has 2 aromatic carbocycles. The number of carbonyl (C=O) groups excluding carboxylic acids is 2. The van der Waals surface area contributed by atoms with Crippen LogP contribution in [0.5, 0.6) is 5.75 Å². The number of nitrogens with zero attached hydrogens (tertiary/aromatic N) is 2. The van der Waals surface area contributed by atoms with Crippen molar-refractivity contribution in [3.63, 3.8) is 0 Å². The maximum atomic E-state index is 13.0. The summed E-state index contributed by atoms with van der Waals surface area (Å²) in [7, 11) is 0. The average molecular weight is 517 g/mol. The van der Waals surface area contributed by atoms with Gasteiger partial charge in [-0.1, -0.05) is 36.4 Å². The Labute approximate surface area is 218 Å². The summed E-state index contributed by atoms with van der Waals surface area (Å²) in [4.78, 5) is 39.4. The molecular formula is C28H26N3O5S+. The summed E-state index contributed by atoms with van der Waals surface area (Å²) in [5.41, 5.74) is 3.14. The zero-order valence-electron chi connectivity index (χ0n) is 20.2. The Morgan fingerprint density at radius 1 is 1.11 bits per heavy atom. The fraction of sp³-hybridized carbons (Fsp3) is 0.214. The number of ether oxygens (including phenoxy) is 1. The lowest BCUT2D eigenvalue weighted by molar-refractivity contribution is -0.689. The van der Waals surface area contributed by atoms with Crippen molar-refractivity contribution in [3.8, 4) is 5.75 Å². The minimum absolute atomic E-state index is 0.00336. The van der Waals surface area contributed by atoms with Crippen molar-refractivity contribution < 1.29 is 28.8 Å². The second kappa shape index (κ2) is 10.5. The number of pyridine rings is 1. The number of β-lactam (4-membered cyclic amide) rings is 1. The molecule has 3 heterocycles. The van der Waals surface area contributed by atoms with E-state index >= 15 is 0 Å². The van der Waals surface area contributed by atoms with Crippen LogP contribution in [0, 0.1) is 6.92 Å². The van der Waals surface area contributed by atoms with Crippen molar-refractivity contribution >= 4 is 29.5 Å². The van der Waals surface area contributed by atoms with Gasteiger partial charge in [-0.15, -0.1) is 11.8 Å². The van der Waals surface area contributed by atoms with Crippen LogP contribution in [-0.2, 0) is 22.7 Å². The van der Waals surface area contributed by atoms with E-state index in [0.29, 0.717) is 35.8 Å². The fourth-order valence-corrected chi connectivity index (χ4v) is 5.69. The summed E-state index contributed by atoms with van der Waals surface area (Å²) < 4.78 is 7.70. The molecule has 1 saturated heterocycles. The number of fused-ring (bicyclic) bond motifs is 1. The molecule has 9 heteroatoms. The Kier molecular flexibility index (Phi) is 6.96. The highest BCUT2D eigenvalue weighted by Gasteiger charge is 2.54. The van der Waals surface area contributed by atoms with Crippen LogP contribution in [0.1, 0.15) is 21.5 Å². The highest BCUT2D eigenvalue weighted by Crippen LogP contribution is 2.40. The fourth-order valence-electron chi connectivity index (χ4n) is 4.36. The predicted octanol–water partition coefficient (Wildman–Crippen LogP) is 2.91. The van der Waals surface area contributed by atoms with Gasteiger partial charge in [0.1, 0.15) is 29.5 Å². The van der Waals surface area contributed by atoms with Crippen molar-refractivity contribution in [3.05, 3.63) is 107 Å². The molecule has 1 aromatic heterocycles. The largest absolute Gasteiger partial charge is 0.489 e. The number of aryl methyl sites for hydroxylation is 1. The van der Waals surface area contributed by atoms with Gasteiger partial charge >= 0.3 is 5.97 Å². The van der Waals surface area contributed by atoms with Crippen molar-refractivity contribution in [1.82, 2.24) is 10.2 Å². The molecule has 5 rings (SSSR count). The third-order valence-electron chi connectivity index (χ3n) is 6.31. The normalized spacial score (nSPS) is 18.6. The van der Waals surface area contributed by atoms with Crippen molar-refractivity contribution in [2.24, 2.45) is 0 Å². The summed E-state index contributed by atoms with van der Waals surface area (Å²) in [6, 6.07) is 19.6. The van der Waals surface area contributed by atoms with Crippen LogP contribution >= 0.6 is 11.8 Å². The molecule has 1 unspecified atom stereocenters. The molecule has 188 valence electrons. The topological polar surface area (TPSA) is 99.8 Å². The van der Waals surface area contributed by atoms with Crippen molar-refractivity contribution in [2.45, 2.75) is 31.5 Å². The number of rotatable bonds is 8. The van der Waals surface area contributed by atoms with E-state index in [2.05, 4.69) is 5.32 Å². The summed E-state index contributed by atoms with van der Waals surface area (Å²) in [6.45, 7) is 2.72.